The van der Waals surface area contributed by atoms with Crippen molar-refractivity contribution in [2.24, 2.45) is 0 Å². The van der Waals surface area contributed by atoms with Gasteiger partial charge in [0.15, 0.2) is 0 Å². The minimum atomic E-state index is -0.501. The molecule has 1 N–H and O–H groups in total. The van der Waals surface area contributed by atoms with Gasteiger partial charge in [-0.1, -0.05) is 43.6 Å². The van der Waals surface area contributed by atoms with E-state index in [0.717, 1.165) is 18.7 Å². The van der Waals surface area contributed by atoms with Crippen LogP contribution >= 0.6 is 11.6 Å². The van der Waals surface area contributed by atoms with Crippen LogP contribution < -0.4 is 5.32 Å². The number of halogens is 1. The zero-order valence-electron chi connectivity index (χ0n) is 14.1. The number of nitrogens with one attached hydrogen (secondary N) is 1. The van der Waals surface area contributed by atoms with E-state index in [-0.39, 0.29) is 6.04 Å². The Kier molecular flexibility index (Phi) is 7.17. The first-order valence-corrected chi connectivity index (χ1v) is 8.11. The third-order valence-corrected chi connectivity index (χ3v) is 3.70. The van der Waals surface area contributed by atoms with Crippen molar-refractivity contribution in [1.29, 1.82) is 0 Å². The largest absolute Gasteiger partial charge is 0.444 e. The molecule has 1 amide bonds. The average Bonchev–Trinajstić information content (AvgIpc) is 2.42. The molecule has 5 heteroatoms. The molecule has 0 aromatic heterocycles. The van der Waals surface area contributed by atoms with Crippen molar-refractivity contribution in [3.63, 3.8) is 0 Å². The van der Waals surface area contributed by atoms with Gasteiger partial charge >= 0.3 is 6.09 Å². The van der Waals surface area contributed by atoms with E-state index in [2.05, 4.69) is 24.1 Å². The highest BCUT2D eigenvalue weighted by Crippen LogP contribution is 2.27. The molecule has 1 aromatic carbocycles. The van der Waals surface area contributed by atoms with E-state index >= 15 is 0 Å². The molecule has 124 valence electrons. The summed E-state index contributed by atoms with van der Waals surface area (Å²) < 4.78 is 5.30. The summed E-state index contributed by atoms with van der Waals surface area (Å²) in [6.07, 6.45) is -0.406. The molecule has 0 fully saturated rings. The summed E-state index contributed by atoms with van der Waals surface area (Å²) in [4.78, 5) is 14.2. The topological polar surface area (TPSA) is 41.6 Å². The van der Waals surface area contributed by atoms with E-state index in [4.69, 9.17) is 16.3 Å². The minimum absolute atomic E-state index is 0.0243. The van der Waals surface area contributed by atoms with Crippen molar-refractivity contribution in [2.75, 3.05) is 19.6 Å². The molecule has 0 radical (unpaired) electrons. The summed E-state index contributed by atoms with van der Waals surface area (Å²) in [5, 5.41) is 3.57. The van der Waals surface area contributed by atoms with Gasteiger partial charge in [-0.15, -0.1) is 0 Å². The Hall–Kier alpha value is -1.26. The smallest absolute Gasteiger partial charge is 0.407 e. The summed E-state index contributed by atoms with van der Waals surface area (Å²) in [6.45, 7) is 12.0. The number of benzene rings is 1. The first kappa shape index (κ1) is 18.8. The molecule has 0 bridgehead atoms. The molecule has 1 rings (SSSR count). The van der Waals surface area contributed by atoms with Gasteiger partial charge < -0.3 is 10.1 Å². The maximum absolute atomic E-state index is 11.9. The maximum atomic E-state index is 11.9. The monoisotopic (exact) mass is 326 g/mol. The second-order valence-corrected chi connectivity index (χ2v) is 6.55. The van der Waals surface area contributed by atoms with E-state index in [1.807, 2.05) is 45.0 Å². The quantitative estimate of drug-likeness (QED) is 0.849. The summed E-state index contributed by atoms with van der Waals surface area (Å²) in [6, 6.07) is 7.77. The lowest BCUT2D eigenvalue weighted by Gasteiger charge is -2.31. The van der Waals surface area contributed by atoms with Gasteiger partial charge in [0.05, 0.1) is 6.04 Å². The molecule has 4 nitrogen and oxygen atoms in total. The van der Waals surface area contributed by atoms with Crippen LogP contribution in [-0.2, 0) is 4.74 Å². The Balaban J connectivity index is 2.84. The lowest BCUT2D eigenvalue weighted by Crippen LogP contribution is -2.40. The molecule has 0 aliphatic heterocycles. The van der Waals surface area contributed by atoms with Gasteiger partial charge in [-0.3, -0.25) is 4.90 Å². The molecular formula is C17H27ClN2O2. The van der Waals surface area contributed by atoms with Gasteiger partial charge in [0.1, 0.15) is 5.60 Å². The predicted octanol–water partition coefficient (Wildman–Crippen LogP) is 4.25. The number of nitrogens with zero attached hydrogens (tertiary/aromatic N) is 1. The third kappa shape index (κ3) is 5.85. The van der Waals surface area contributed by atoms with Crippen molar-refractivity contribution in [3.8, 4) is 0 Å². The van der Waals surface area contributed by atoms with Gasteiger partial charge in [-0.25, -0.2) is 4.79 Å². The van der Waals surface area contributed by atoms with Crippen LogP contribution in [0.1, 0.15) is 46.2 Å². The van der Waals surface area contributed by atoms with Crippen molar-refractivity contribution >= 4 is 17.7 Å². The summed E-state index contributed by atoms with van der Waals surface area (Å²) >= 11 is 6.33. The minimum Gasteiger partial charge on any atom is -0.444 e. The van der Waals surface area contributed by atoms with E-state index in [0.29, 0.717) is 11.6 Å². The molecule has 1 aromatic rings. The summed E-state index contributed by atoms with van der Waals surface area (Å²) in [5.41, 5.74) is 0.517. The first-order chi connectivity index (χ1) is 10.3. The Morgan fingerprint density at radius 2 is 1.86 bits per heavy atom. The van der Waals surface area contributed by atoms with Crippen LogP contribution in [0.15, 0.2) is 24.3 Å². The number of hydrogen-bond donors (Lipinski definition) is 1. The lowest BCUT2D eigenvalue weighted by molar-refractivity contribution is 0.0508. The van der Waals surface area contributed by atoms with Crippen molar-refractivity contribution in [1.82, 2.24) is 10.2 Å². The number of carbonyl (C=O) groups is 1. The standard InChI is InChI=1S/C17H27ClN2O2/c1-6-20(7-2)15(13-10-8-9-11-14(13)18)12-19-16(21)22-17(3,4)5/h8-11,15H,6-7,12H2,1-5H3,(H,19,21). The van der Waals surface area contributed by atoms with Gasteiger partial charge in [-0.2, -0.15) is 0 Å². The van der Waals surface area contributed by atoms with E-state index in [1.54, 1.807) is 0 Å². The van der Waals surface area contributed by atoms with Crippen LogP contribution in [0.2, 0.25) is 5.02 Å². The fraction of sp³-hybridized carbons (Fsp3) is 0.588. The number of carbonyl (C=O) groups excluding carboxylic acids is 1. The number of amides is 1. The normalized spacial score (nSPS) is 13.0. The van der Waals surface area contributed by atoms with Crippen molar-refractivity contribution in [2.45, 2.75) is 46.3 Å². The Bertz CT molecular complexity index is 482. The highest BCUT2D eigenvalue weighted by Gasteiger charge is 2.22. The number of rotatable bonds is 6. The number of hydrogen-bond acceptors (Lipinski definition) is 3. The van der Waals surface area contributed by atoms with Gasteiger partial charge in [0.2, 0.25) is 0 Å². The molecule has 1 unspecified atom stereocenters. The first-order valence-electron chi connectivity index (χ1n) is 7.73. The fourth-order valence-electron chi connectivity index (χ4n) is 2.34. The molecule has 1 atom stereocenters. The van der Waals surface area contributed by atoms with E-state index in [9.17, 15) is 4.79 Å². The second-order valence-electron chi connectivity index (χ2n) is 6.14. The second kappa shape index (κ2) is 8.39. The number of likely N-dealkylation sites (N-methyl/N-ethyl adjacent to an activating group) is 1. The lowest BCUT2D eigenvalue weighted by atomic mass is 10.0. The predicted molar refractivity (Wildman–Crippen MR) is 91.4 cm³/mol. The van der Waals surface area contributed by atoms with Crippen LogP contribution in [0.5, 0.6) is 0 Å². The van der Waals surface area contributed by atoms with Gasteiger partial charge in [0.25, 0.3) is 0 Å². The molecule has 0 saturated carbocycles. The van der Waals surface area contributed by atoms with Crippen LogP contribution in [0.25, 0.3) is 0 Å². The molecular weight excluding hydrogens is 300 g/mol. The molecule has 0 spiro atoms. The molecule has 0 saturated heterocycles. The SMILES string of the molecule is CCN(CC)C(CNC(=O)OC(C)(C)C)c1ccccc1Cl. The summed E-state index contributed by atoms with van der Waals surface area (Å²) in [5.74, 6) is 0. The molecule has 0 heterocycles. The van der Waals surface area contributed by atoms with Crippen LogP contribution in [0, 0.1) is 0 Å². The number of alkyl carbamates (subject to hydrolysis) is 1. The average molecular weight is 327 g/mol. The number of ether oxygens (including phenoxy) is 1. The molecule has 0 aliphatic carbocycles. The van der Waals surface area contributed by atoms with Crippen molar-refractivity contribution < 1.29 is 9.53 Å². The van der Waals surface area contributed by atoms with Gasteiger partial charge in [-0.05, 0) is 45.5 Å². The Labute approximate surface area is 138 Å². The van der Waals surface area contributed by atoms with Crippen molar-refractivity contribution in [3.05, 3.63) is 34.9 Å². The Morgan fingerprint density at radius 3 is 2.36 bits per heavy atom. The Morgan fingerprint density at radius 1 is 1.27 bits per heavy atom. The summed E-state index contributed by atoms with van der Waals surface area (Å²) in [7, 11) is 0. The van der Waals surface area contributed by atoms with Crippen LogP contribution in [0.4, 0.5) is 4.79 Å². The zero-order chi connectivity index (χ0) is 16.8. The highest BCUT2D eigenvalue weighted by molar-refractivity contribution is 6.31. The van der Waals surface area contributed by atoms with Crippen LogP contribution in [-0.4, -0.2) is 36.2 Å². The molecule has 0 aliphatic rings. The van der Waals surface area contributed by atoms with Crippen LogP contribution in [0.3, 0.4) is 0 Å². The van der Waals surface area contributed by atoms with Gasteiger partial charge in [0, 0.05) is 11.6 Å². The third-order valence-electron chi connectivity index (χ3n) is 3.36. The molecule has 22 heavy (non-hydrogen) atoms. The van der Waals surface area contributed by atoms with E-state index < -0.39 is 11.7 Å². The zero-order valence-corrected chi connectivity index (χ0v) is 14.9. The fourth-order valence-corrected chi connectivity index (χ4v) is 2.60. The maximum Gasteiger partial charge on any atom is 0.407 e. The highest BCUT2D eigenvalue weighted by atomic mass is 35.5. The van der Waals surface area contributed by atoms with E-state index in [1.165, 1.54) is 0 Å².